The molecule has 0 atom stereocenters. The molecule has 0 amide bonds. The molecule has 1 heterocycles. The van der Waals surface area contributed by atoms with Crippen LogP contribution in [-0.2, 0) is 14.8 Å². The van der Waals surface area contributed by atoms with Crippen LogP contribution in [-0.4, -0.2) is 38.9 Å². The van der Waals surface area contributed by atoms with Gasteiger partial charge in [-0.25, -0.2) is 13.1 Å². The van der Waals surface area contributed by atoms with Gasteiger partial charge in [-0.05, 0) is 34.1 Å². The summed E-state index contributed by atoms with van der Waals surface area (Å²) in [4.78, 5) is 0.0631. The van der Waals surface area contributed by atoms with Crippen molar-refractivity contribution in [1.29, 1.82) is 0 Å². The maximum absolute atomic E-state index is 12.3. The minimum absolute atomic E-state index is 0.0417. The van der Waals surface area contributed by atoms with Gasteiger partial charge in [0.1, 0.15) is 0 Å². The Morgan fingerprint density at radius 3 is 2.70 bits per heavy atom. The molecule has 0 spiro atoms. The highest BCUT2D eigenvalue weighted by molar-refractivity contribution is 9.10. The zero-order valence-electron chi connectivity index (χ0n) is 10.8. The van der Waals surface area contributed by atoms with Gasteiger partial charge in [-0.2, -0.15) is 0 Å². The number of rotatable bonds is 4. The summed E-state index contributed by atoms with van der Waals surface area (Å²) in [5, 5.41) is 10.3. The third-order valence-electron chi connectivity index (χ3n) is 3.26. The van der Waals surface area contributed by atoms with Crippen molar-refractivity contribution in [3.8, 4) is 0 Å². The topological polar surface area (TPSA) is 102 Å². The van der Waals surface area contributed by atoms with E-state index in [-0.39, 0.29) is 11.4 Å². The zero-order chi connectivity index (χ0) is 14.8. The van der Waals surface area contributed by atoms with E-state index in [0.717, 1.165) is 0 Å². The van der Waals surface area contributed by atoms with E-state index in [1.54, 1.807) is 12.1 Å². The van der Waals surface area contributed by atoms with Crippen molar-refractivity contribution in [1.82, 2.24) is 4.72 Å². The van der Waals surface area contributed by atoms with Gasteiger partial charge in [0.15, 0.2) is 0 Å². The number of benzene rings is 1. The van der Waals surface area contributed by atoms with Crippen LogP contribution in [0.1, 0.15) is 12.8 Å². The molecule has 0 radical (unpaired) electrons. The largest absolute Gasteiger partial charge is 0.399 e. The Hall–Kier alpha value is -0.670. The van der Waals surface area contributed by atoms with Crippen LogP contribution >= 0.6 is 15.9 Å². The molecule has 6 nitrogen and oxygen atoms in total. The van der Waals surface area contributed by atoms with Gasteiger partial charge >= 0.3 is 0 Å². The van der Waals surface area contributed by atoms with Crippen molar-refractivity contribution in [2.24, 2.45) is 0 Å². The van der Waals surface area contributed by atoms with Crippen molar-refractivity contribution in [2.45, 2.75) is 23.3 Å². The second kappa shape index (κ2) is 5.98. The summed E-state index contributed by atoms with van der Waals surface area (Å²) in [6.45, 7) is 0.820. The molecule has 0 aliphatic carbocycles. The van der Waals surface area contributed by atoms with Gasteiger partial charge in [-0.1, -0.05) is 0 Å². The van der Waals surface area contributed by atoms with E-state index in [2.05, 4.69) is 20.7 Å². The summed E-state index contributed by atoms with van der Waals surface area (Å²) in [5.74, 6) is 0. The van der Waals surface area contributed by atoms with E-state index in [1.165, 1.54) is 6.07 Å². The smallest absolute Gasteiger partial charge is 0.241 e. The Kier molecular flexibility index (Phi) is 4.70. The molecule has 0 aromatic heterocycles. The van der Waals surface area contributed by atoms with Crippen LogP contribution in [0.15, 0.2) is 27.6 Å². The molecule has 1 aliphatic rings. The van der Waals surface area contributed by atoms with Crippen molar-refractivity contribution in [3.63, 3.8) is 0 Å². The number of anilines is 1. The molecule has 1 aromatic carbocycles. The van der Waals surface area contributed by atoms with E-state index in [0.29, 0.717) is 36.2 Å². The first-order chi connectivity index (χ1) is 9.32. The third kappa shape index (κ3) is 3.70. The minimum atomic E-state index is -3.73. The van der Waals surface area contributed by atoms with Gasteiger partial charge in [-0.3, -0.25) is 0 Å². The van der Waals surface area contributed by atoms with Gasteiger partial charge in [0.25, 0.3) is 0 Å². The van der Waals surface area contributed by atoms with Crippen LogP contribution < -0.4 is 10.5 Å². The first kappa shape index (κ1) is 15.7. The van der Waals surface area contributed by atoms with E-state index in [4.69, 9.17) is 10.5 Å². The maximum Gasteiger partial charge on any atom is 0.241 e. The van der Waals surface area contributed by atoms with Crippen LogP contribution in [0.2, 0.25) is 0 Å². The Labute approximate surface area is 126 Å². The van der Waals surface area contributed by atoms with E-state index < -0.39 is 15.6 Å². The molecule has 2 rings (SSSR count). The predicted molar refractivity (Wildman–Crippen MR) is 78.7 cm³/mol. The molecule has 1 fully saturated rings. The molecule has 0 bridgehead atoms. The SMILES string of the molecule is Nc1ccc(Br)c(S(=O)(=O)NCC2(O)CCOCC2)c1. The lowest BCUT2D eigenvalue weighted by molar-refractivity contribution is -0.0588. The molecular weight excluding hydrogens is 348 g/mol. The van der Waals surface area contributed by atoms with Crippen LogP contribution in [0.5, 0.6) is 0 Å². The standard InChI is InChI=1S/C12H17BrN2O4S/c13-10-2-1-9(14)7-11(10)20(17,18)15-8-12(16)3-5-19-6-4-12/h1-2,7,15-16H,3-6,8,14H2. The first-order valence-electron chi connectivity index (χ1n) is 6.17. The lowest BCUT2D eigenvalue weighted by Gasteiger charge is -2.32. The average Bonchev–Trinajstić information content (AvgIpc) is 2.40. The van der Waals surface area contributed by atoms with Crippen LogP contribution in [0.25, 0.3) is 0 Å². The van der Waals surface area contributed by atoms with E-state index in [1.807, 2.05) is 0 Å². The normalized spacial score (nSPS) is 18.9. The highest BCUT2D eigenvalue weighted by atomic mass is 79.9. The minimum Gasteiger partial charge on any atom is -0.399 e. The summed E-state index contributed by atoms with van der Waals surface area (Å²) in [6, 6.07) is 4.56. The quantitative estimate of drug-likeness (QED) is 0.687. The molecular formula is C12H17BrN2O4S. The average molecular weight is 365 g/mol. The van der Waals surface area contributed by atoms with E-state index >= 15 is 0 Å². The maximum atomic E-state index is 12.3. The Bertz CT molecular complexity index is 585. The molecule has 0 unspecified atom stereocenters. The zero-order valence-corrected chi connectivity index (χ0v) is 13.2. The second-order valence-corrected chi connectivity index (χ2v) is 7.44. The fraction of sp³-hybridized carbons (Fsp3) is 0.500. The monoisotopic (exact) mass is 364 g/mol. The number of ether oxygens (including phenoxy) is 1. The summed E-state index contributed by atoms with van der Waals surface area (Å²) in [6.07, 6.45) is 0.821. The Morgan fingerprint density at radius 1 is 1.40 bits per heavy atom. The second-order valence-electron chi connectivity index (χ2n) is 4.85. The van der Waals surface area contributed by atoms with Crippen molar-refractivity contribution in [2.75, 3.05) is 25.5 Å². The molecule has 4 N–H and O–H groups in total. The molecule has 20 heavy (non-hydrogen) atoms. The van der Waals surface area contributed by atoms with Crippen molar-refractivity contribution >= 4 is 31.6 Å². The number of nitrogen functional groups attached to an aromatic ring is 1. The third-order valence-corrected chi connectivity index (χ3v) is 5.65. The number of hydrogen-bond donors (Lipinski definition) is 3. The lowest BCUT2D eigenvalue weighted by Crippen LogP contribution is -2.46. The van der Waals surface area contributed by atoms with Crippen molar-refractivity contribution in [3.05, 3.63) is 22.7 Å². The molecule has 112 valence electrons. The molecule has 0 saturated carbocycles. The van der Waals surface area contributed by atoms with Gasteiger partial charge in [0, 0.05) is 42.8 Å². The first-order valence-corrected chi connectivity index (χ1v) is 8.45. The molecule has 8 heteroatoms. The van der Waals surface area contributed by atoms with Crippen LogP contribution in [0.4, 0.5) is 5.69 Å². The summed E-state index contributed by atoms with van der Waals surface area (Å²) in [7, 11) is -3.73. The number of halogens is 1. The van der Waals surface area contributed by atoms with Gasteiger partial charge in [0.2, 0.25) is 10.0 Å². The summed E-state index contributed by atoms with van der Waals surface area (Å²) < 4.78 is 32.5. The van der Waals surface area contributed by atoms with Gasteiger partial charge < -0.3 is 15.6 Å². The lowest BCUT2D eigenvalue weighted by atomic mass is 9.95. The fourth-order valence-corrected chi connectivity index (χ4v) is 4.08. The number of nitrogens with two attached hydrogens (primary N) is 1. The molecule has 1 saturated heterocycles. The number of hydrogen-bond acceptors (Lipinski definition) is 5. The highest BCUT2D eigenvalue weighted by Crippen LogP contribution is 2.25. The van der Waals surface area contributed by atoms with Crippen LogP contribution in [0, 0.1) is 0 Å². The van der Waals surface area contributed by atoms with Gasteiger partial charge in [-0.15, -0.1) is 0 Å². The number of sulfonamides is 1. The van der Waals surface area contributed by atoms with Crippen molar-refractivity contribution < 1.29 is 18.3 Å². The summed E-state index contributed by atoms with van der Waals surface area (Å²) >= 11 is 3.19. The number of aliphatic hydroxyl groups is 1. The molecule has 1 aliphatic heterocycles. The number of nitrogens with one attached hydrogen (secondary N) is 1. The van der Waals surface area contributed by atoms with Gasteiger partial charge in [0.05, 0.1) is 10.5 Å². The highest BCUT2D eigenvalue weighted by Gasteiger charge is 2.31. The summed E-state index contributed by atoms with van der Waals surface area (Å²) in [5.41, 5.74) is 4.91. The van der Waals surface area contributed by atoms with Crippen LogP contribution in [0.3, 0.4) is 0 Å². The Morgan fingerprint density at radius 2 is 2.05 bits per heavy atom. The predicted octanol–water partition coefficient (Wildman–Crippen LogP) is 0.851. The Balaban J connectivity index is 2.13. The molecule has 1 aromatic rings. The van der Waals surface area contributed by atoms with E-state index in [9.17, 15) is 13.5 Å². The fourth-order valence-electron chi connectivity index (χ4n) is 1.96.